The Morgan fingerprint density at radius 3 is 2.74 bits per heavy atom. The summed E-state index contributed by atoms with van der Waals surface area (Å²) in [5, 5.41) is 4.12. The van der Waals surface area contributed by atoms with Gasteiger partial charge < -0.3 is 29.4 Å². The van der Waals surface area contributed by atoms with Crippen LogP contribution in [-0.4, -0.2) is 60.7 Å². The Morgan fingerprint density at radius 1 is 1.20 bits per heavy atom. The van der Waals surface area contributed by atoms with Crippen molar-refractivity contribution in [3.05, 3.63) is 66.4 Å². The third-order valence-electron chi connectivity index (χ3n) is 7.43. The van der Waals surface area contributed by atoms with Gasteiger partial charge in [0.05, 0.1) is 38.7 Å². The van der Waals surface area contributed by atoms with Crippen molar-refractivity contribution in [2.45, 2.75) is 18.1 Å². The number of nitrogens with zero attached hydrogens (tertiary/aromatic N) is 1. The molecule has 0 unspecified atom stereocenters. The predicted octanol–water partition coefficient (Wildman–Crippen LogP) is 3.15. The highest BCUT2D eigenvalue weighted by Gasteiger charge is 2.66. The average Bonchev–Trinajstić information content (AvgIpc) is 3.62. The van der Waals surface area contributed by atoms with E-state index < -0.39 is 23.5 Å². The summed E-state index contributed by atoms with van der Waals surface area (Å²) in [6, 6.07) is 13.3. The summed E-state index contributed by atoms with van der Waals surface area (Å²) >= 11 is 0. The van der Waals surface area contributed by atoms with Gasteiger partial charge in [0.15, 0.2) is 0 Å². The minimum Gasteiger partial charge on any atom is -0.497 e. The Morgan fingerprint density at radius 2 is 1.97 bits per heavy atom. The van der Waals surface area contributed by atoms with Crippen molar-refractivity contribution in [1.29, 1.82) is 0 Å². The molecule has 2 aromatic carbocycles. The Kier molecular flexibility index (Phi) is 5.07. The third-order valence-corrected chi connectivity index (χ3v) is 7.43. The topological polar surface area (TPSA) is 92.9 Å². The summed E-state index contributed by atoms with van der Waals surface area (Å²) in [7, 11) is 3.11. The molecule has 8 heteroatoms. The molecule has 0 radical (unpaired) electrons. The number of likely N-dealkylation sites (tertiary alicyclic amines) is 1. The van der Waals surface area contributed by atoms with E-state index >= 15 is 0 Å². The first-order valence-electron chi connectivity index (χ1n) is 11.8. The van der Waals surface area contributed by atoms with Gasteiger partial charge >= 0.3 is 0 Å². The number of hydrogen-bond acceptors (Lipinski definition) is 5. The SMILES string of the molecule is COc1cc(NC(=O)[C@@H]2[C@H]3C=C[C@@]4(CN(CCc5c[nH]c6ccccc56)C(=O)[C@@H]24)O3)cc(OC)c1. The normalized spacial score (nSPS) is 26.4. The number of methoxy groups -OCH3 is 2. The van der Waals surface area contributed by atoms with Crippen LogP contribution in [0.4, 0.5) is 5.69 Å². The molecule has 0 aliphatic carbocycles. The van der Waals surface area contributed by atoms with Crippen LogP contribution in [0.2, 0.25) is 0 Å². The van der Waals surface area contributed by atoms with Crippen molar-refractivity contribution in [3.8, 4) is 11.5 Å². The van der Waals surface area contributed by atoms with Crippen LogP contribution in [0, 0.1) is 11.8 Å². The number of aromatic nitrogens is 1. The molecule has 2 amide bonds. The highest BCUT2D eigenvalue weighted by atomic mass is 16.5. The minimum atomic E-state index is -0.740. The van der Waals surface area contributed by atoms with E-state index in [2.05, 4.69) is 16.4 Å². The molecule has 4 heterocycles. The van der Waals surface area contributed by atoms with E-state index in [4.69, 9.17) is 14.2 Å². The summed E-state index contributed by atoms with van der Waals surface area (Å²) in [5.41, 5.74) is 2.07. The van der Waals surface area contributed by atoms with Crippen LogP contribution >= 0.6 is 0 Å². The lowest BCUT2D eigenvalue weighted by atomic mass is 9.77. The highest BCUT2D eigenvalue weighted by Crippen LogP contribution is 2.52. The van der Waals surface area contributed by atoms with Crippen LogP contribution in [0.3, 0.4) is 0 Å². The zero-order chi connectivity index (χ0) is 24.2. The van der Waals surface area contributed by atoms with E-state index in [1.54, 1.807) is 32.4 Å². The first-order chi connectivity index (χ1) is 17.0. The molecule has 3 aromatic rings. The lowest BCUT2D eigenvalue weighted by molar-refractivity contribution is -0.135. The van der Waals surface area contributed by atoms with Crippen molar-refractivity contribution in [2.24, 2.45) is 11.8 Å². The number of aromatic amines is 1. The van der Waals surface area contributed by atoms with Gasteiger partial charge in [0, 0.05) is 47.5 Å². The monoisotopic (exact) mass is 473 g/mol. The Hall–Kier alpha value is -3.78. The summed E-state index contributed by atoms with van der Waals surface area (Å²) in [6.45, 7) is 1.03. The smallest absolute Gasteiger partial charge is 0.231 e. The second-order valence-corrected chi connectivity index (χ2v) is 9.36. The van der Waals surface area contributed by atoms with Crippen molar-refractivity contribution >= 4 is 28.4 Å². The molecule has 180 valence electrons. The largest absolute Gasteiger partial charge is 0.497 e. The first-order valence-corrected chi connectivity index (χ1v) is 11.8. The molecular weight excluding hydrogens is 446 g/mol. The molecule has 2 N–H and O–H groups in total. The van der Waals surface area contributed by atoms with Crippen molar-refractivity contribution in [2.75, 3.05) is 32.6 Å². The summed E-state index contributed by atoms with van der Waals surface area (Å²) < 4.78 is 16.9. The Bertz CT molecular complexity index is 1330. The summed E-state index contributed by atoms with van der Waals surface area (Å²) in [6.07, 6.45) is 6.22. The molecule has 35 heavy (non-hydrogen) atoms. The van der Waals surface area contributed by atoms with Gasteiger partial charge in [-0.2, -0.15) is 0 Å². The maximum atomic E-state index is 13.5. The van der Waals surface area contributed by atoms with Gasteiger partial charge in [-0.05, 0) is 18.1 Å². The van der Waals surface area contributed by atoms with E-state index in [0.29, 0.717) is 30.3 Å². The van der Waals surface area contributed by atoms with Gasteiger partial charge in [0.1, 0.15) is 17.1 Å². The van der Waals surface area contributed by atoms with E-state index in [1.807, 2.05) is 41.4 Å². The van der Waals surface area contributed by atoms with Crippen LogP contribution in [-0.2, 0) is 20.7 Å². The molecule has 2 saturated heterocycles. The van der Waals surface area contributed by atoms with Crippen LogP contribution in [0.1, 0.15) is 5.56 Å². The van der Waals surface area contributed by atoms with E-state index in [9.17, 15) is 9.59 Å². The lowest BCUT2D eigenvalue weighted by Crippen LogP contribution is -2.41. The molecule has 4 atom stereocenters. The molecular formula is C27H27N3O5. The molecule has 2 fully saturated rings. The van der Waals surface area contributed by atoms with Crippen LogP contribution in [0.15, 0.2) is 60.8 Å². The quantitative estimate of drug-likeness (QED) is 0.515. The maximum Gasteiger partial charge on any atom is 0.231 e. The number of amides is 2. The first kappa shape index (κ1) is 21.7. The van der Waals surface area contributed by atoms with Gasteiger partial charge in [0.2, 0.25) is 11.8 Å². The van der Waals surface area contributed by atoms with E-state index in [-0.39, 0.29) is 11.8 Å². The van der Waals surface area contributed by atoms with Gasteiger partial charge in [-0.1, -0.05) is 30.4 Å². The molecule has 3 aliphatic rings. The molecule has 0 saturated carbocycles. The fourth-order valence-corrected chi connectivity index (χ4v) is 5.77. The predicted molar refractivity (Wildman–Crippen MR) is 130 cm³/mol. The van der Waals surface area contributed by atoms with E-state index in [1.165, 1.54) is 10.9 Å². The van der Waals surface area contributed by atoms with Gasteiger partial charge in [-0.3, -0.25) is 9.59 Å². The number of carbonyl (C=O) groups is 2. The molecule has 6 rings (SSSR count). The number of carbonyl (C=O) groups excluding carboxylic acids is 2. The fourth-order valence-electron chi connectivity index (χ4n) is 5.77. The number of para-hydroxylation sites is 1. The number of ether oxygens (including phenoxy) is 3. The second-order valence-electron chi connectivity index (χ2n) is 9.36. The standard InChI is InChI=1S/C27H27N3O5/c1-33-18-11-17(12-19(13-18)34-2)29-25(31)23-22-7-9-27(35-22)15-30(26(32)24(23)27)10-8-16-14-28-21-6-4-3-5-20(16)21/h3-7,9,11-14,22-24,28H,8,10,15H2,1-2H3,(H,29,31)/t22-,23-,24-,27+/m1/s1. The van der Waals surface area contributed by atoms with E-state index in [0.717, 1.165) is 11.9 Å². The zero-order valence-corrected chi connectivity index (χ0v) is 19.6. The second kappa shape index (κ2) is 8.16. The van der Waals surface area contributed by atoms with Crippen molar-refractivity contribution in [3.63, 3.8) is 0 Å². The van der Waals surface area contributed by atoms with Gasteiger partial charge in [0.25, 0.3) is 0 Å². The molecule has 8 nitrogen and oxygen atoms in total. The Labute approximate surface area is 202 Å². The summed E-state index contributed by atoms with van der Waals surface area (Å²) in [4.78, 5) is 32.1. The molecule has 1 aromatic heterocycles. The highest BCUT2D eigenvalue weighted by molar-refractivity contribution is 5.99. The third kappa shape index (κ3) is 3.47. The van der Waals surface area contributed by atoms with Gasteiger partial charge in [-0.25, -0.2) is 0 Å². The number of anilines is 1. The Balaban J connectivity index is 1.20. The van der Waals surface area contributed by atoms with Gasteiger partial charge in [-0.15, -0.1) is 0 Å². The van der Waals surface area contributed by atoms with Crippen molar-refractivity contribution < 1.29 is 23.8 Å². The molecule has 2 bridgehead atoms. The average molecular weight is 474 g/mol. The number of fused-ring (bicyclic) bond motifs is 2. The van der Waals surface area contributed by atoms with Crippen LogP contribution < -0.4 is 14.8 Å². The number of H-pyrrole nitrogens is 1. The van der Waals surface area contributed by atoms with Crippen LogP contribution in [0.5, 0.6) is 11.5 Å². The lowest BCUT2D eigenvalue weighted by Gasteiger charge is -2.23. The zero-order valence-electron chi connectivity index (χ0n) is 19.6. The number of benzene rings is 2. The number of hydrogen-bond donors (Lipinski definition) is 2. The summed E-state index contributed by atoms with van der Waals surface area (Å²) in [5.74, 6) is -0.259. The fraction of sp³-hybridized carbons (Fsp3) is 0.333. The number of rotatable bonds is 7. The maximum absolute atomic E-state index is 13.5. The number of nitrogens with one attached hydrogen (secondary N) is 2. The van der Waals surface area contributed by atoms with Crippen molar-refractivity contribution in [1.82, 2.24) is 9.88 Å². The molecule has 3 aliphatic heterocycles. The molecule has 1 spiro atoms. The minimum absolute atomic E-state index is 0.0277. The van der Waals surface area contributed by atoms with Crippen LogP contribution in [0.25, 0.3) is 10.9 Å².